The van der Waals surface area contributed by atoms with Gasteiger partial charge in [-0.3, -0.25) is 14.6 Å². The van der Waals surface area contributed by atoms with Crippen molar-refractivity contribution in [3.63, 3.8) is 0 Å². The summed E-state index contributed by atoms with van der Waals surface area (Å²) in [5, 5.41) is 5.79. The Bertz CT molecular complexity index is 744. The van der Waals surface area contributed by atoms with Crippen LogP contribution in [0.25, 0.3) is 0 Å². The number of hydrogen-bond donors (Lipinski definition) is 2. The number of anilines is 2. The molecule has 0 saturated heterocycles. The molecule has 2 amide bonds. The lowest BCUT2D eigenvalue weighted by Gasteiger charge is -2.10. The van der Waals surface area contributed by atoms with Crippen molar-refractivity contribution in [2.24, 2.45) is 0 Å². The second-order valence-electron chi connectivity index (χ2n) is 4.92. The van der Waals surface area contributed by atoms with E-state index in [2.05, 4.69) is 15.6 Å². The number of halogens is 1. The number of carbonyl (C=O) groups excluding carboxylic acids is 2. The summed E-state index contributed by atoms with van der Waals surface area (Å²) in [6.45, 7) is 5.04. The first-order valence-corrected chi connectivity index (χ1v) is 7.07. The molecule has 1 aromatic heterocycles. The fourth-order valence-corrected chi connectivity index (χ4v) is 2.18. The van der Waals surface area contributed by atoms with E-state index in [1.54, 1.807) is 37.3 Å². The van der Waals surface area contributed by atoms with Crippen LogP contribution in [-0.4, -0.2) is 16.8 Å². The Morgan fingerprint density at radius 1 is 1.09 bits per heavy atom. The molecule has 2 N–H and O–H groups in total. The van der Waals surface area contributed by atoms with Gasteiger partial charge in [0.1, 0.15) is 0 Å². The van der Waals surface area contributed by atoms with E-state index in [4.69, 9.17) is 11.6 Å². The van der Waals surface area contributed by atoms with E-state index in [9.17, 15) is 9.59 Å². The summed E-state index contributed by atoms with van der Waals surface area (Å²) in [4.78, 5) is 27.7. The molecule has 1 heterocycles. The first kappa shape index (κ1) is 16.0. The Morgan fingerprint density at radius 2 is 1.82 bits per heavy atom. The lowest BCUT2D eigenvalue weighted by Crippen LogP contribution is -2.15. The number of nitrogens with zero attached hydrogens (tertiary/aromatic N) is 1. The van der Waals surface area contributed by atoms with Crippen molar-refractivity contribution in [1.29, 1.82) is 0 Å². The van der Waals surface area contributed by atoms with Crippen molar-refractivity contribution in [2.45, 2.75) is 20.8 Å². The van der Waals surface area contributed by atoms with Gasteiger partial charge in [-0.15, -0.1) is 0 Å². The zero-order valence-corrected chi connectivity index (χ0v) is 13.3. The highest BCUT2D eigenvalue weighted by atomic mass is 35.5. The van der Waals surface area contributed by atoms with E-state index < -0.39 is 0 Å². The summed E-state index contributed by atoms with van der Waals surface area (Å²) >= 11 is 6.00. The van der Waals surface area contributed by atoms with Crippen LogP contribution < -0.4 is 10.6 Å². The molecule has 0 fully saturated rings. The topological polar surface area (TPSA) is 71.1 Å². The van der Waals surface area contributed by atoms with Gasteiger partial charge < -0.3 is 10.6 Å². The molecule has 0 aliphatic heterocycles. The van der Waals surface area contributed by atoms with Crippen molar-refractivity contribution in [1.82, 2.24) is 4.98 Å². The lowest BCUT2D eigenvalue weighted by molar-refractivity contribution is -0.114. The average Bonchev–Trinajstić information content (AvgIpc) is 2.41. The van der Waals surface area contributed by atoms with Crippen LogP contribution in [0.15, 0.2) is 30.3 Å². The van der Waals surface area contributed by atoms with Gasteiger partial charge in [0.25, 0.3) is 5.91 Å². The number of aromatic nitrogens is 1. The van der Waals surface area contributed by atoms with E-state index in [1.807, 2.05) is 6.92 Å². The normalized spacial score (nSPS) is 10.2. The van der Waals surface area contributed by atoms with Crippen molar-refractivity contribution < 1.29 is 9.59 Å². The number of hydrogen-bond acceptors (Lipinski definition) is 3. The van der Waals surface area contributed by atoms with Crippen LogP contribution in [0.1, 0.15) is 28.7 Å². The van der Waals surface area contributed by atoms with Crippen LogP contribution >= 0.6 is 11.6 Å². The molecule has 2 aromatic rings. The van der Waals surface area contributed by atoms with Crippen LogP contribution in [-0.2, 0) is 4.79 Å². The highest BCUT2D eigenvalue weighted by Gasteiger charge is 2.11. The van der Waals surface area contributed by atoms with Crippen molar-refractivity contribution in [2.75, 3.05) is 10.6 Å². The summed E-state index contributed by atoms with van der Waals surface area (Å²) in [7, 11) is 0. The monoisotopic (exact) mass is 317 g/mol. The first-order valence-electron chi connectivity index (χ1n) is 6.69. The number of amides is 2. The van der Waals surface area contributed by atoms with Crippen LogP contribution in [0, 0.1) is 13.8 Å². The summed E-state index contributed by atoms with van der Waals surface area (Å²) in [5.74, 6) is -0.495. The minimum absolute atomic E-state index is 0.232. The van der Waals surface area contributed by atoms with Crippen LogP contribution in [0.3, 0.4) is 0 Å². The Hall–Kier alpha value is -2.40. The quantitative estimate of drug-likeness (QED) is 0.909. The third kappa shape index (κ3) is 3.83. The summed E-state index contributed by atoms with van der Waals surface area (Å²) in [6.07, 6.45) is 0. The minimum Gasteiger partial charge on any atom is -0.325 e. The molecular weight excluding hydrogens is 302 g/mol. The van der Waals surface area contributed by atoms with Gasteiger partial charge >= 0.3 is 0 Å². The Balaban J connectivity index is 2.23. The molecule has 0 aliphatic rings. The molecule has 0 radical (unpaired) electrons. The Kier molecular flexibility index (Phi) is 4.78. The van der Waals surface area contributed by atoms with Gasteiger partial charge in [0.05, 0.1) is 22.0 Å². The van der Waals surface area contributed by atoms with Crippen molar-refractivity contribution in [3.8, 4) is 0 Å². The molecule has 1 aromatic carbocycles. The predicted molar refractivity (Wildman–Crippen MR) is 87.4 cm³/mol. The SMILES string of the molecule is CC(=O)Nc1cc(NC(=O)c2ccc(C)nc2C)ccc1Cl. The van der Waals surface area contributed by atoms with Crippen LogP contribution in [0.4, 0.5) is 11.4 Å². The molecule has 0 atom stereocenters. The molecule has 0 aliphatic carbocycles. The first-order chi connectivity index (χ1) is 10.4. The summed E-state index contributed by atoms with van der Waals surface area (Å²) in [5.41, 5.74) is 3.01. The molecule has 5 nitrogen and oxygen atoms in total. The maximum Gasteiger partial charge on any atom is 0.257 e. The third-order valence-corrected chi connectivity index (χ3v) is 3.33. The van der Waals surface area contributed by atoms with E-state index in [-0.39, 0.29) is 11.8 Å². The molecule has 0 unspecified atom stereocenters. The largest absolute Gasteiger partial charge is 0.325 e. The van der Waals surface area contributed by atoms with Crippen LogP contribution in [0.5, 0.6) is 0 Å². The minimum atomic E-state index is -0.263. The van der Waals surface area contributed by atoms with Crippen molar-refractivity contribution in [3.05, 3.63) is 52.3 Å². The van der Waals surface area contributed by atoms with Gasteiger partial charge in [0.2, 0.25) is 5.91 Å². The second kappa shape index (κ2) is 6.58. The number of aryl methyl sites for hydroxylation is 2. The van der Waals surface area contributed by atoms with Crippen molar-refractivity contribution >= 4 is 34.8 Å². The maximum absolute atomic E-state index is 12.3. The molecule has 2 rings (SSSR count). The molecule has 6 heteroatoms. The highest BCUT2D eigenvalue weighted by molar-refractivity contribution is 6.33. The number of nitrogens with one attached hydrogen (secondary N) is 2. The highest BCUT2D eigenvalue weighted by Crippen LogP contribution is 2.26. The molecule has 0 bridgehead atoms. The van der Waals surface area contributed by atoms with Gasteiger partial charge in [-0.25, -0.2) is 0 Å². The molecule has 22 heavy (non-hydrogen) atoms. The van der Waals surface area contributed by atoms with Gasteiger partial charge in [0.15, 0.2) is 0 Å². The smallest absolute Gasteiger partial charge is 0.257 e. The molecule has 0 spiro atoms. The zero-order chi connectivity index (χ0) is 16.3. The standard InChI is InChI=1S/C16H16ClN3O2/c1-9-4-6-13(10(2)18-9)16(22)20-12-5-7-14(17)15(8-12)19-11(3)21/h4-8H,1-3H3,(H,19,21)(H,20,22). The number of pyridine rings is 1. The fourth-order valence-electron chi connectivity index (χ4n) is 2.01. The molecular formula is C16H16ClN3O2. The van der Waals surface area contributed by atoms with Gasteiger partial charge in [-0.05, 0) is 44.2 Å². The average molecular weight is 318 g/mol. The molecule has 0 saturated carbocycles. The van der Waals surface area contributed by atoms with Crippen LogP contribution in [0.2, 0.25) is 5.02 Å². The summed E-state index contributed by atoms with van der Waals surface area (Å²) < 4.78 is 0. The van der Waals surface area contributed by atoms with Gasteiger partial charge in [-0.2, -0.15) is 0 Å². The number of benzene rings is 1. The predicted octanol–water partition coefficient (Wildman–Crippen LogP) is 3.56. The van der Waals surface area contributed by atoms with Gasteiger partial charge in [0, 0.05) is 18.3 Å². The van der Waals surface area contributed by atoms with E-state index in [1.165, 1.54) is 6.92 Å². The fraction of sp³-hybridized carbons (Fsp3) is 0.188. The second-order valence-corrected chi connectivity index (χ2v) is 5.32. The Morgan fingerprint density at radius 3 is 2.45 bits per heavy atom. The molecule has 114 valence electrons. The lowest BCUT2D eigenvalue weighted by atomic mass is 10.1. The van der Waals surface area contributed by atoms with E-state index in [0.717, 1.165) is 5.69 Å². The third-order valence-electron chi connectivity index (χ3n) is 3.00. The summed E-state index contributed by atoms with van der Waals surface area (Å²) in [6, 6.07) is 8.41. The van der Waals surface area contributed by atoms with Gasteiger partial charge in [-0.1, -0.05) is 11.6 Å². The van der Waals surface area contributed by atoms with E-state index in [0.29, 0.717) is 27.7 Å². The number of rotatable bonds is 3. The zero-order valence-electron chi connectivity index (χ0n) is 12.5. The Labute approximate surface area is 133 Å². The number of carbonyl (C=O) groups is 2. The maximum atomic E-state index is 12.3. The van der Waals surface area contributed by atoms with E-state index >= 15 is 0 Å².